The molecule has 0 atom stereocenters. The number of aromatic amines is 1. The van der Waals surface area contributed by atoms with Gasteiger partial charge < -0.3 is 20.9 Å². The lowest BCUT2D eigenvalue weighted by molar-refractivity contribution is 0.0998. The molecule has 1 aliphatic rings. The third kappa shape index (κ3) is 4.02. The van der Waals surface area contributed by atoms with Crippen molar-refractivity contribution >= 4 is 45.3 Å². The summed E-state index contributed by atoms with van der Waals surface area (Å²) in [6, 6.07) is 11.6. The van der Waals surface area contributed by atoms with Crippen molar-refractivity contribution in [1.29, 1.82) is 0 Å². The van der Waals surface area contributed by atoms with E-state index >= 15 is 0 Å². The fourth-order valence-corrected chi connectivity index (χ4v) is 4.95. The Labute approximate surface area is 201 Å². The summed E-state index contributed by atoms with van der Waals surface area (Å²) < 4.78 is 0. The average molecular weight is 472 g/mol. The maximum absolute atomic E-state index is 12.6. The summed E-state index contributed by atoms with van der Waals surface area (Å²) in [6.45, 7) is 3.85. The predicted molar refractivity (Wildman–Crippen MR) is 137 cm³/mol. The molecule has 0 spiro atoms. The van der Waals surface area contributed by atoms with Gasteiger partial charge in [0.15, 0.2) is 5.01 Å². The highest BCUT2D eigenvalue weighted by atomic mass is 32.1. The Bertz CT molecular complexity index is 1440. The molecule has 8 heteroatoms. The highest BCUT2D eigenvalue weighted by Crippen LogP contribution is 2.37. The first-order chi connectivity index (χ1) is 16.4. The van der Waals surface area contributed by atoms with Crippen molar-refractivity contribution in [3.05, 3.63) is 75.9 Å². The van der Waals surface area contributed by atoms with Gasteiger partial charge in [0.1, 0.15) is 0 Å². The molecular formula is C26H25N5O2S. The second-order valence-electron chi connectivity index (χ2n) is 8.51. The van der Waals surface area contributed by atoms with Crippen LogP contribution in [0.25, 0.3) is 27.6 Å². The molecule has 2 aromatic heterocycles. The Morgan fingerprint density at radius 3 is 2.76 bits per heavy atom. The molecule has 34 heavy (non-hydrogen) atoms. The number of anilines is 1. The van der Waals surface area contributed by atoms with E-state index in [0.29, 0.717) is 10.6 Å². The molecule has 2 amide bonds. The molecule has 0 saturated carbocycles. The minimum atomic E-state index is -0.469. The van der Waals surface area contributed by atoms with E-state index in [9.17, 15) is 9.59 Å². The molecule has 1 aliphatic heterocycles. The Balaban J connectivity index is 1.61. The molecular weight excluding hydrogens is 446 g/mol. The van der Waals surface area contributed by atoms with Gasteiger partial charge in [0.2, 0.25) is 0 Å². The van der Waals surface area contributed by atoms with Crippen LogP contribution in [0.3, 0.4) is 0 Å². The first-order valence-corrected chi connectivity index (χ1v) is 11.9. The fourth-order valence-electron chi connectivity index (χ4n) is 4.42. The molecule has 0 aliphatic carbocycles. The number of carbonyl (C=O) groups is 2. The lowest BCUT2D eigenvalue weighted by Crippen LogP contribution is -2.23. The van der Waals surface area contributed by atoms with E-state index in [-0.39, 0.29) is 5.91 Å². The van der Waals surface area contributed by atoms with Gasteiger partial charge in [-0.05, 0) is 60.9 Å². The van der Waals surface area contributed by atoms with Crippen molar-refractivity contribution in [2.75, 3.05) is 25.5 Å². The van der Waals surface area contributed by atoms with E-state index in [1.54, 1.807) is 17.6 Å². The molecule has 4 aromatic rings. The van der Waals surface area contributed by atoms with Gasteiger partial charge in [0, 0.05) is 41.4 Å². The van der Waals surface area contributed by atoms with E-state index in [0.717, 1.165) is 58.5 Å². The number of hydrogen-bond donors (Lipinski definition) is 3. The lowest BCUT2D eigenvalue weighted by Gasteiger charge is -2.21. The number of nitrogens with zero attached hydrogens (tertiary/aromatic N) is 2. The normalized spacial score (nSPS) is 14.2. The molecule has 2 aromatic carbocycles. The molecule has 0 unspecified atom stereocenters. The van der Waals surface area contributed by atoms with E-state index in [1.165, 1.54) is 16.9 Å². The standard InChI is InChI=1S/C26H25N5O2S/c1-15-17(4-3-5-21(15)30-25(33)26-28-10-13-34-26)18-6-7-19(24(27)32)23-20(18)14-22(29-23)16-8-11-31(2)12-9-16/h3-8,10,13-14,29H,9,11-12H2,1-2H3,(H2,27,32)(H,30,33). The van der Waals surface area contributed by atoms with Crippen LogP contribution in [0.5, 0.6) is 0 Å². The van der Waals surface area contributed by atoms with E-state index < -0.39 is 5.91 Å². The molecule has 3 heterocycles. The highest BCUT2D eigenvalue weighted by molar-refractivity contribution is 7.11. The summed E-state index contributed by atoms with van der Waals surface area (Å²) >= 11 is 1.30. The Morgan fingerprint density at radius 2 is 2.06 bits per heavy atom. The number of rotatable bonds is 5. The van der Waals surface area contributed by atoms with Gasteiger partial charge in [-0.15, -0.1) is 11.3 Å². The average Bonchev–Trinajstić information content (AvgIpc) is 3.51. The van der Waals surface area contributed by atoms with Gasteiger partial charge in [0.25, 0.3) is 11.8 Å². The molecule has 0 saturated heterocycles. The number of nitrogens with two attached hydrogens (primary N) is 1. The van der Waals surface area contributed by atoms with Crippen LogP contribution in [0.15, 0.2) is 54.1 Å². The zero-order valence-corrected chi connectivity index (χ0v) is 19.8. The number of primary amides is 1. The third-order valence-corrected chi connectivity index (χ3v) is 7.09. The van der Waals surface area contributed by atoms with Crippen LogP contribution >= 0.6 is 11.3 Å². The second kappa shape index (κ2) is 8.89. The van der Waals surface area contributed by atoms with E-state index in [4.69, 9.17) is 5.73 Å². The van der Waals surface area contributed by atoms with E-state index in [2.05, 4.69) is 39.4 Å². The summed E-state index contributed by atoms with van der Waals surface area (Å²) in [7, 11) is 2.10. The monoisotopic (exact) mass is 471 g/mol. The molecule has 0 radical (unpaired) electrons. The van der Waals surface area contributed by atoms with Crippen molar-refractivity contribution in [3.8, 4) is 11.1 Å². The van der Waals surface area contributed by atoms with Crippen molar-refractivity contribution in [1.82, 2.24) is 14.9 Å². The maximum Gasteiger partial charge on any atom is 0.284 e. The van der Waals surface area contributed by atoms with Gasteiger partial charge >= 0.3 is 0 Å². The van der Waals surface area contributed by atoms with Crippen LogP contribution in [-0.2, 0) is 0 Å². The quantitative estimate of drug-likeness (QED) is 0.393. The number of aromatic nitrogens is 2. The Morgan fingerprint density at radius 1 is 1.21 bits per heavy atom. The van der Waals surface area contributed by atoms with Crippen molar-refractivity contribution in [3.63, 3.8) is 0 Å². The highest BCUT2D eigenvalue weighted by Gasteiger charge is 2.19. The first-order valence-electron chi connectivity index (χ1n) is 11.1. The number of fused-ring (bicyclic) bond motifs is 1. The maximum atomic E-state index is 12.6. The predicted octanol–water partition coefficient (Wildman–Crippen LogP) is 4.67. The summed E-state index contributed by atoms with van der Waals surface area (Å²) in [4.78, 5) is 34.6. The minimum Gasteiger partial charge on any atom is -0.366 e. The Kier molecular flexibility index (Phi) is 5.77. The van der Waals surface area contributed by atoms with E-state index in [1.807, 2.05) is 31.2 Å². The summed E-state index contributed by atoms with van der Waals surface area (Å²) in [6.07, 6.45) is 4.77. The van der Waals surface area contributed by atoms with Crippen LogP contribution in [0, 0.1) is 6.92 Å². The summed E-state index contributed by atoms with van der Waals surface area (Å²) in [5.41, 5.74) is 12.7. The van der Waals surface area contributed by atoms with Crippen LogP contribution < -0.4 is 11.1 Å². The molecule has 7 nitrogen and oxygen atoms in total. The van der Waals surface area contributed by atoms with Crippen LogP contribution in [0.4, 0.5) is 5.69 Å². The fraction of sp³-hybridized carbons (Fsp3) is 0.192. The molecule has 0 fully saturated rings. The number of amides is 2. The van der Waals surface area contributed by atoms with Gasteiger partial charge in [-0.3, -0.25) is 9.59 Å². The molecule has 4 N–H and O–H groups in total. The van der Waals surface area contributed by atoms with Crippen LogP contribution in [-0.4, -0.2) is 46.8 Å². The van der Waals surface area contributed by atoms with Crippen molar-refractivity contribution in [2.24, 2.45) is 5.73 Å². The van der Waals surface area contributed by atoms with Gasteiger partial charge in [-0.2, -0.15) is 0 Å². The van der Waals surface area contributed by atoms with Crippen LogP contribution in [0.2, 0.25) is 0 Å². The smallest absolute Gasteiger partial charge is 0.284 e. The Hall–Kier alpha value is -3.75. The van der Waals surface area contributed by atoms with Gasteiger partial charge in [-0.25, -0.2) is 4.98 Å². The van der Waals surface area contributed by atoms with Crippen molar-refractivity contribution in [2.45, 2.75) is 13.3 Å². The third-order valence-electron chi connectivity index (χ3n) is 6.32. The lowest BCUT2D eigenvalue weighted by atomic mass is 9.94. The number of benzene rings is 2. The summed E-state index contributed by atoms with van der Waals surface area (Å²) in [5.74, 6) is -0.703. The number of carbonyl (C=O) groups excluding carboxylic acids is 2. The van der Waals surface area contributed by atoms with Gasteiger partial charge in [-0.1, -0.05) is 24.3 Å². The first kappa shape index (κ1) is 22.1. The molecule has 5 rings (SSSR count). The number of nitrogens with one attached hydrogen (secondary N) is 2. The molecule has 0 bridgehead atoms. The number of H-pyrrole nitrogens is 1. The topological polar surface area (TPSA) is 104 Å². The number of hydrogen-bond acceptors (Lipinski definition) is 5. The largest absolute Gasteiger partial charge is 0.366 e. The van der Waals surface area contributed by atoms with Gasteiger partial charge in [0.05, 0.1) is 11.1 Å². The second-order valence-corrected chi connectivity index (χ2v) is 9.40. The number of likely N-dealkylation sites (N-methyl/N-ethyl adjacent to an activating group) is 1. The van der Waals surface area contributed by atoms with Crippen LogP contribution in [0.1, 0.15) is 37.8 Å². The number of thiazole rings is 1. The molecule has 172 valence electrons. The summed E-state index contributed by atoms with van der Waals surface area (Å²) in [5, 5.41) is 6.10. The SMILES string of the molecule is Cc1c(NC(=O)c2nccs2)cccc1-c1ccc(C(N)=O)c2[nH]c(C3=CCN(C)CC3)cc12. The minimum absolute atomic E-state index is 0.234. The zero-order chi connectivity index (χ0) is 23.8. The zero-order valence-electron chi connectivity index (χ0n) is 19.0. The van der Waals surface area contributed by atoms with Crippen molar-refractivity contribution < 1.29 is 9.59 Å².